The van der Waals surface area contributed by atoms with Gasteiger partial charge in [0.2, 0.25) is 0 Å². The number of benzene rings is 1. The van der Waals surface area contributed by atoms with Crippen LogP contribution >= 0.6 is 0 Å². The van der Waals surface area contributed by atoms with Gasteiger partial charge in [-0.1, -0.05) is 44.2 Å². The summed E-state index contributed by atoms with van der Waals surface area (Å²) in [5.74, 6) is 1.77. The molecule has 1 heteroatoms. The third-order valence-electron chi connectivity index (χ3n) is 3.73. The van der Waals surface area contributed by atoms with E-state index in [-0.39, 0.29) is 0 Å². The first-order valence-corrected chi connectivity index (χ1v) is 7.00. The van der Waals surface area contributed by atoms with E-state index in [1.54, 1.807) is 0 Å². The third kappa shape index (κ3) is 4.16. The largest absolute Gasteiger partial charge is 0.303 e. The summed E-state index contributed by atoms with van der Waals surface area (Å²) < 4.78 is 0. The lowest BCUT2D eigenvalue weighted by Gasteiger charge is -2.34. The minimum absolute atomic E-state index is 0.885. The highest BCUT2D eigenvalue weighted by atomic mass is 15.1. The van der Waals surface area contributed by atoms with Crippen LogP contribution < -0.4 is 0 Å². The van der Waals surface area contributed by atoms with Gasteiger partial charge in [0.15, 0.2) is 0 Å². The zero-order valence-corrected chi connectivity index (χ0v) is 11.2. The average Bonchev–Trinajstić information content (AvgIpc) is 2.29. The number of aryl methyl sites for hydroxylation is 1. The van der Waals surface area contributed by atoms with Gasteiger partial charge in [0.05, 0.1) is 0 Å². The molecule has 94 valence electrons. The molecular formula is C16H25N. The Morgan fingerprint density at radius 1 is 1.06 bits per heavy atom. The van der Waals surface area contributed by atoms with E-state index in [1.807, 2.05) is 0 Å². The molecule has 0 bridgehead atoms. The summed E-state index contributed by atoms with van der Waals surface area (Å²) in [4.78, 5) is 2.65. The van der Waals surface area contributed by atoms with Gasteiger partial charge in [0.1, 0.15) is 0 Å². The zero-order valence-electron chi connectivity index (χ0n) is 11.2. The minimum atomic E-state index is 0.885. The first-order valence-electron chi connectivity index (χ1n) is 7.00. The molecule has 2 rings (SSSR count). The van der Waals surface area contributed by atoms with E-state index in [2.05, 4.69) is 49.1 Å². The van der Waals surface area contributed by atoms with Crippen molar-refractivity contribution in [3.8, 4) is 0 Å². The Morgan fingerprint density at radius 3 is 2.35 bits per heavy atom. The molecule has 1 fully saturated rings. The first kappa shape index (κ1) is 12.6. The Labute approximate surface area is 106 Å². The second kappa shape index (κ2) is 6.20. The molecule has 2 atom stereocenters. The van der Waals surface area contributed by atoms with Crippen LogP contribution in [-0.4, -0.2) is 24.5 Å². The second-order valence-electron chi connectivity index (χ2n) is 5.79. The van der Waals surface area contributed by atoms with Gasteiger partial charge in [-0.05, 0) is 43.2 Å². The predicted octanol–water partition coefficient (Wildman–Crippen LogP) is 3.60. The summed E-state index contributed by atoms with van der Waals surface area (Å²) in [5, 5.41) is 0. The maximum absolute atomic E-state index is 2.65. The zero-order chi connectivity index (χ0) is 12.1. The number of rotatable bonds is 4. The molecule has 0 saturated carbocycles. The number of piperidine rings is 1. The molecule has 0 aromatic heterocycles. The highest BCUT2D eigenvalue weighted by Crippen LogP contribution is 2.21. The Bertz CT molecular complexity index is 310. The number of likely N-dealkylation sites (tertiary alicyclic amines) is 1. The van der Waals surface area contributed by atoms with Gasteiger partial charge in [-0.15, -0.1) is 0 Å². The van der Waals surface area contributed by atoms with Crippen molar-refractivity contribution in [2.45, 2.75) is 33.1 Å². The fraction of sp³-hybridized carbons (Fsp3) is 0.625. The van der Waals surface area contributed by atoms with Crippen molar-refractivity contribution in [3.05, 3.63) is 35.9 Å². The number of hydrogen-bond donors (Lipinski definition) is 0. The summed E-state index contributed by atoms with van der Waals surface area (Å²) in [7, 11) is 0. The van der Waals surface area contributed by atoms with Gasteiger partial charge in [-0.25, -0.2) is 0 Å². The maximum Gasteiger partial charge on any atom is 0.000724 e. The van der Waals surface area contributed by atoms with Crippen molar-refractivity contribution < 1.29 is 0 Å². The van der Waals surface area contributed by atoms with Crippen molar-refractivity contribution in [3.63, 3.8) is 0 Å². The van der Waals surface area contributed by atoms with Crippen LogP contribution in [0.1, 0.15) is 32.3 Å². The molecule has 1 heterocycles. The fourth-order valence-corrected chi connectivity index (χ4v) is 3.13. The lowest BCUT2D eigenvalue weighted by Crippen LogP contribution is -2.39. The summed E-state index contributed by atoms with van der Waals surface area (Å²) in [6.45, 7) is 8.65. The first-order chi connectivity index (χ1) is 8.24. The molecule has 0 aliphatic carbocycles. The fourth-order valence-electron chi connectivity index (χ4n) is 3.13. The molecule has 0 N–H and O–H groups in total. The van der Waals surface area contributed by atoms with Gasteiger partial charge < -0.3 is 4.90 Å². The molecule has 2 unspecified atom stereocenters. The van der Waals surface area contributed by atoms with Crippen molar-refractivity contribution in [2.24, 2.45) is 11.8 Å². The molecule has 1 aliphatic heterocycles. The molecule has 0 radical (unpaired) electrons. The van der Waals surface area contributed by atoms with Crippen molar-refractivity contribution in [1.82, 2.24) is 4.90 Å². The minimum Gasteiger partial charge on any atom is -0.303 e. The highest BCUT2D eigenvalue weighted by molar-refractivity contribution is 5.14. The van der Waals surface area contributed by atoms with Gasteiger partial charge >= 0.3 is 0 Å². The molecule has 1 saturated heterocycles. The Morgan fingerprint density at radius 2 is 1.71 bits per heavy atom. The quantitative estimate of drug-likeness (QED) is 0.765. The molecule has 0 amide bonds. The van der Waals surface area contributed by atoms with E-state index in [1.165, 1.54) is 44.5 Å². The van der Waals surface area contributed by atoms with Crippen molar-refractivity contribution in [1.29, 1.82) is 0 Å². The van der Waals surface area contributed by atoms with E-state index in [9.17, 15) is 0 Å². The molecule has 17 heavy (non-hydrogen) atoms. The molecule has 1 aromatic rings. The molecule has 1 aliphatic rings. The van der Waals surface area contributed by atoms with E-state index in [0.29, 0.717) is 0 Å². The number of hydrogen-bond acceptors (Lipinski definition) is 1. The van der Waals surface area contributed by atoms with Crippen LogP contribution in [-0.2, 0) is 6.42 Å². The van der Waals surface area contributed by atoms with E-state index in [4.69, 9.17) is 0 Å². The topological polar surface area (TPSA) is 3.24 Å². The average molecular weight is 231 g/mol. The van der Waals surface area contributed by atoms with Crippen LogP contribution in [0.2, 0.25) is 0 Å². The van der Waals surface area contributed by atoms with Gasteiger partial charge in [0, 0.05) is 13.1 Å². The summed E-state index contributed by atoms with van der Waals surface area (Å²) in [5.41, 5.74) is 1.48. The van der Waals surface area contributed by atoms with E-state index < -0.39 is 0 Å². The Balaban J connectivity index is 1.71. The van der Waals surface area contributed by atoms with Crippen LogP contribution in [0.3, 0.4) is 0 Å². The van der Waals surface area contributed by atoms with Crippen LogP contribution in [0.5, 0.6) is 0 Å². The normalized spacial score (nSPS) is 26.0. The van der Waals surface area contributed by atoms with Crippen molar-refractivity contribution >= 4 is 0 Å². The van der Waals surface area contributed by atoms with Crippen LogP contribution in [0.25, 0.3) is 0 Å². The molecular weight excluding hydrogens is 206 g/mol. The lowest BCUT2D eigenvalue weighted by atomic mass is 9.92. The standard InChI is InChI=1S/C16H25N/c1-14-11-15(2)13-17(12-14)10-6-9-16-7-4-3-5-8-16/h3-5,7-8,14-15H,6,9-13H2,1-2H3. The van der Waals surface area contributed by atoms with Gasteiger partial charge in [-0.2, -0.15) is 0 Å². The smallest absolute Gasteiger partial charge is 0.000724 e. The van der Waals surface area contributed by atoms with Crippen LogP contribution in [0.4, 0.5) is 0 Å². The predicted molar refractivity (Wildman–Crippen MR) is 74.1 cm³/mol. The summed E-state index contributed by atoms with van der Waals surface area (Å²) >= 11 is 0. The van der Waals surface area contributed by atoms with Crippen LogP contribution in [0.15, 0.2) is 30.3 Å². The van der Waals surface area contributed by atoms with Gasteiger partial charge in [0.25, 0.3) is 0 Å². The Hall–Kier alpha value is -0.820. The maximum atomic E-state index is 2.65. The SMILES string of the molecule is CC1CC(C)CN(CCCc2ccccc2)C1. The second-order valence-corrected chi connectivity index (χ2v) is 5.79. The monoisotopic (exact) mass is 231 g/mol. The Kier molecular flexibility index (Phi) is 4.61. The summed E-state index contributed by atoms with van der Waals surface area (Å²) in [6.07, 6.45) is 3.93. The van der Waals surface area contributed by atoms with E-state index in [0.717, 1.165) is 11.8 Å². The van der Waals surface area contributed by atoms with Crippen molar-refractivity contribution in [2.75, 3.05) is 19.6 Å². The van der Waals surface area contributed by atoms with Gasteiger partial charge in [-0.3, -0.25) is 0 Å². The molecule has 1 aromatic carbocycles. The summed E-state index contributed by atoms with van der Waals surface area (Å²) in [6, 6.07) is 10.8. The van der Waals surface area contributed by atoms with Crippen LogP contribution in [0, 0.1) is 11.8 Å². The van der Waals surface area contributed by atoms with E-state index >= 15 is 0 Å². The highest BCUT2D eigenvalue weighted by Gasteiger charge is 2.20. The third-order valence-corrected chi connectivity index (χ3v) is 3.73. The lowest BCUT2D eigenvalue weighted by molar-refractivity contribution is 0.140. The molecule has 0 spiro atoms. The number of nitrogens with zero attached hydrogens (tertiary/aromatic N) is 1. The molecule has 1 nitrogen and oxygen atoms in total.